The summed E-state index contributed by atoms with van der Waals surface area (Å²) in [4.78, 5) is 15.4. The Morgan fingerprint density at radius 3 is 2.76 bits per heavy atom. The number of carbonyl (C=O) groups is 1. The molecule has 17 heavy (non-hydrogen) atoms. The third kappa shape index (κ3) is 2.78. The Bertz CT molecular complexity index is 518. The molecule has 5 nitrogen and oxygen atoms in total. The molecule has 2 heterocycles. The number of nitrogens with one attached hydrogen (secondary N) is 1. The summed E-state index contributed by atoms with van der Waals surface area (Å²) < 4.78 is 4.94. The zero-order chi connectivity index (χ0) is 12.1. The molecular formula is C12H11N3O2. The van der Waals surface area contributed by atoms with E-state index in [4.69, 9.17) is 4.42 Å². The SMILES string of the molecule is C/C(=N/NC(=O)c1ccco1)c1ccncc1. The Balaban J connectivity index is 2.04. The van der Waals surface area contributed by atoms with Crippen LogP contribution in [0.3, 0.4) is 0 Å². The maximum absolute atomic E-state index is 11.5. The molecule has 0 aliphatic carbocycles. The van der Waals surface area contributed by atoms with Gasteiger partial charge in [0.15, 0.2) is 5.76 Å². The molecule has 1 N–H and O–H groups in total. The molecule has 0 saturated heterocycles. The molecule has 0 radical (unpaired) electrons. The number of furan rings is 1. The average molecular weight is 229 g/mol. The predicted octanol–water partition coefficient (Wildman–Crippen LogP) is 1.83. The van der Waals surface area contributed by atoms with Gasteiger partial charge in [0, 0.05) is 18.0 Å². The van der Waals surface area contributed by atoms with Crippen LogP contribution in [0, 0.1) is 0 Å². The summed E-state index contributed by atoms with van der Waals surface area (Å²) >= 11 is 0. The molecule has 0 aliphatic rings. The highest BCUT2D eigenvalue weighted by molar-refractivity contribution is 6.00. The summed E-state index contributed by atoms with van der Waals surface area (Å²) in [7, 11) is 0. The van der Waals surface area contributed by atoms with Gasteiger partial charge in [0.05, 0.1) is 12.0 Å². The number of rotatable bonds is 3. The van der Waals surface area contributed by atoms with E-state index in [0.717, 1.165) is 5.56 Å². The Morgan fingerprint density at radius 2 is 2.12 bits per heavy atom. The van der Waals surface area contributed by atoms with E-state index in [1.165, 1.54) is 6.26 Å². The Kier molecular flexibility index (Phi) is 3.30. The third-order valence-electron chi connectivity index (χ3n) is 2.17. The van der Waals surface area contributed by atoms with Crippen molar-refractivity contribution in [1.29, 1.82) is 0 Å². The minimum absolute atomic E-state index is 0.233. The Morgan fingerprint density at radius 1 is 1.35 bits per heavy atom. The molecule has 0 fully saturated rings. The number of aromatic nitrogens is 1. The fraction of sp³-hybridized carbons (Fsp3) is 0.0833. The highest BCUT2D eigenvalue weighted by Gasteiger charge is 2.06. The normalized spacial score (nSPS) is 11.2. The number of pyridine rings is 1. The largest absolute Gasteiger partial charge is 0.459 e. The van der Waals surface area contributed by atoms with Gasteiger partial charge in [0.2, 0.25) is 0 Å². The number of carbonyl (C=O) groups excluding carboxylic acids is 1. The van der Waals surface area contributed by atoms with Crippen molar-refractivity contribution in [2.75, 3.05) is 0 Å². The molecular weight excluding hydrogens is 218 g/mol. The lowest BCUT2D eigenvalue weighted by atomic mass is 10.2. The molecule has 86 valence electrons. The van der Waals surface area contributed by atoms with E-state index in [9.17, 15) is 4.79 Å². The fourth-order valence-electron chi connectivity index (χ4n) is 1.26. The lowest BCUT2D eigenvalue weighted by molar-refractivity contribution is 0.0927. The maximum atomic E-state index is 11.5. The zero-order valence-corrected chi connectivity index (χ0v) is 9.25. The first-order chi connectivity index (χ1) is 8.27. The summed E-state index contributed by atoms with van der Waals surface area (Å²) in [6.45, 7) is 1.80. The first-order valence-electron chi connectivity index (χ1n) is 5.06. The smallest absolute Gasteiger partial charge is 0.307 e. The fourth-order valence-corrected chi connectivity index (χ4v) is 1.26. The second-order valence-electron chi connectivity index (χ2n) is 3.35. The summed E-state index contributed by atoms with van der Waals surface area (Å²) in [5, 5.41) is 3.98. The minimum Gasteiger partial charge on any atom is -0.459 e. The van der Waals surface area contributed by atoms with Gasteiger partial charge in [-0.1, -0.05) is 0 Å². The van der Waals surface area contributed by atoms with Crippen molar-refractivity contribution in [1.82, 2.24) is 10.4 Å². The number of hydrogen-bond acceptors (Lipinski definition) is 4. The molecule has 1 amide bonds. The molecule has 0 aromatic carbocycles. The second kappa shape index (κ2) is 5.07. The monoisotopic (exact) mass is 229 g/mol. The number of hydrazone groups is 1. The molecule has 2 rings (SSSR count). The summed E-state index contributed by atoms with van der Waals surface area (Å²) in [6, 6.07) is 6.86. The lowest BCUT2D eigenvalue weighted by Crippen LogP contribution is -2.18. The van der Waals surface area contributed by atoms with Crippen LogP contribution in [0.25, 0.3) is 0 Å². The van der Waals surface area contributed by atoms with Gasteiger partial charge in [-0.05, 0) is 31.2 Å². The van der Waals surface area contributed by atoms with Gasteiger partial charge in [-0.2, -0.15) is 5.10 Å². The van der Waals surface area contributed by atoms with Crippen LogP contribution in [-0.2, 0) is 0 Å². The van der Waals surface area contributed by atoms with Gasteiger partial charge in [0.25, 0.3) is 0 Å². The number of nitrogens with zero attached hydrogens (tertiary/aromatic N) is 2. The van der Waals surface area contributed by atoms with Gasteiger partial charge < -0.3 is 4.42 Å². The van der Waals surface area contributed by atoms with Crippen LogP contribution in [0.1, 0.15) is 23.0 Å². The highest BCUT2D eigenvalue weighted by Crippen LogP contribution is 2.01. The number of hydrogen-bond donors (Lipinski definition) is 1. The first-order valence-corrected chi connectivity index (χ1v) is 5.06. The molecule has 0 spiro atoms. The highest BCUT2D eigenvalue weighted by atomic mass is 16.3. The second-order valence-corrected chi connectivity index (χ2v) is 3.35. The van der Waals surface area contributed by atoms with Gasteiger partial charge >= 0.3 is 5.91 Å². The maximum Gasteiger partial charge on any atom is 0.307 e. The van der Waals surface area contributed by atoms with Crippen molar-refractivity contribution in [2.24, 2.45) is 5.10 Å². The predicted molar refractivity (Wildman–Crippen MR) is 62.6 cm³/mol. The van der Waals surface area contributed by atoms with E-state index in [2.05, 4.69) is 15.5 Å². The first kappa shape index (κ1) is 11.1. The Labute approximate surface area is 98.2 Å². The number of amides is 1. The Hall–Kier alpha value is -2.43. The van der Waals surface area contributed by atoms with Crippen molar-refractivity contribution in [2.45, 2.75) is 6.92 Å². The summed E-state index contributed by atoms with van der Waals surface area (Å²) in [6.07, 6.45) is 4.78. The van der Waals surface area contributed by atoms with Crippen LogP contribution >= 0.6 is 0 Å². The summed E-state index contributed by atoms with van der Waals surface area (Å²) in [5.74, 6) is -0.139. The van der Waals surface area contributed by atoms with E-state index in [1.807, 2.05) is 12.1 Å². The molecule has 0 atom stereocenters. The van der Waals surface area contributed by atoms with Crippen molar-refractivity contribution in [3.8, 4) is 0 Å². The van der Waals surface area contributed by atoms with Crippen molar-refractivity contribution in [3.63, 3.8) is 0 Å². The topological polar surface area (TPSA) is 67.5 Å². The molecule has 0 saturated carbocycles. The lowest BCUT2D eigenvalue weighted by Gasteiger charge is -2.00. The van der Waals surface area contributed by atoms with Crippen molar-refractivity contribution < 1.29 is 9.21 Å². The van der Waals surface area contributed by atoms with Gasteiger partial charge in [-0.25, -0.2) is 5.43 Å². The molecule has 0 unspecified atom stereocenters. The van der Waals surface area contributed by atoms with Crippen LogP contribution in [0.15, 0.2) is 52.4 Å². The molecule has 2 aromatic rings. The van der Waals surface area contributed by atoms with E-state index >= 15 is 0 Å². The van der Waals surface area contributed by atoms with Crippen molar-refractivity contribution >= 4 is 11.6 Å². The molecule has 2 aromatic heterocycles. The van der Waals surface area contributed by atoms with E-state index in [-0.39, 0.29) is 11.7 Å². The van der Waals surface area contributed by atoms with Gasteiger partial charge in [0.1, 0.15) is 0 Å². The zero-order valence-electron chi connectivity index (χ0n) is 9.25. The van der Waals surface area contributed by atoms with Crippen LogP contribution in [0.4, 0.5) is 0 Å². The summed E-state index contributed by atoms with van der Waals surface area (Å²) in [5.41, 5.74) is 4.02. The van der Waals surface area contributed by atoms with Gasteiger partial charge in [-0.3, -0.25) is 9.78 Å². The molecule has 5 heteroatoms. The van der Waals surface area contributed by atoms with Crippen LogP contribution in [0.2, 0.25) is 0 Å². The van der Waals surface area contributed by atoms with E-state index in [0.29, 0.717) is 5.71 Å². The quantitative estimate of drug-likeness (QED) is 0.644. The van der Waals surface area contributed by atoms with Crippen molar-refractivity contribution in [3.05, 3.63) is 54.2 Å². The minimum atomic E-state index is -0.372. The van der Waals surface area contributed by atoms with Crippen LogP contribution < -0.4 is 5.43 Å². The van der Waals surface area contributed by atoms with Gasteiger partial charge in [-0.15, -0.1) is 0 Å². The average Bonchev–Trinajstić information content (AvgIpc) is 2.90. The van der Waals surface area contributed by atoms with Crippen LogP contribution in [-0.4, -0.2) is 16.6 Å². The molecule has 0 aliphatic heterocycles. The van der Waals surface area contributed by atoms with Crippen LogP contribution in [0.5, 0.6) is 0 Å². The third-order valence-corrected chi connectivity index (χ3v) is 2.17. The van der Waals surface area contributed by atoms with E-state index < -0.39 is 0 Å². The standard InChI is InChI=1S/C12H11N3O2/c1-9(10-4-6-13-7-5-10)14-15-12(16)11-3-2-8-17-11/h2-8H,1H3,(H,15,16)/b14-9-. The van der Waals surface area contributed by atoms with E-state index in [1.54, 1.807) is 31.5 Å². The molecule has 0 bridgehead atoms.